The van der Waals surface area contributed by atoms with Gasteiger partial charge in [-0.05, 0) is 36.6 Å². The molecule has 1 amide bonds. The van der Waals surface area contributed by atoms with E-state index in [-0.39, 0.29) is 12.0 Å². The summed E-state index contributed by atoms with van der Waals surface area (Å²) in [5.41, 5.74) is 2.38. The van der Waals surface area contributed by atoms with Crippen LogP contribution in [0.3, 0.4) is 0 Å². The number of rotatable bonds is 7. The lowest BCUT2D eigenvalue weighted by atomic mass is 10.1. The van der Waals surface area contributed by atoms with Gasteiger partial charge in [0.2, 0.25) is 5.91 Å². The Morgan fingerprint density at radius 3 is 3.04 bits per heavy atom. The molecular weight excluding hydrogens is 356 g/mol. The Hall–Kier alpha value is -3.15. The number of carbonyl (C=O) groups excluding carboxylic acids is 1. The first kappa shape index (κ1) is 18.2. The first-order valence-electron chi connectivity index (χ1n) is 9.52. The van der Waals surface area contributed by atoms with Crippen molar-refractivity contribution in [3.8, 4) is 17.2 Å². The highest BCUT2D eigenvalue weighted by molar-refractivity contribution is 5.83. The number of methoxy groups -OCH3 is 1. The van der Waals surface area contributed by atoms with Crippen molar-refractivity contribution in [3.63, 3.8) is 0 Å². The van der Waals surface area contributed by atoms with Crippen LogP contribution in [-0.4, -0.2) is 37.3 Å². The van der Waals surface area contributed by atoms with E-state index in [4.69, 9.17) is 14.2 Å². The number of aromatic nitrogens is 1. The lowest BCUT2D eigenvalue weighted by Crippen LogP contribution is -2.40. The number of nitrogens with one attached hydrogen (secondary N) is 2. The van der Waals surface area contributed by atoms with Crippen molar-refractivity contribution >= 4 is 16.8 Å². The number of aromatic amines is 1. The highest BCUT2D eigenvalue weighted by atomic mass is 16.6. The SMILES string of the molecule is COc1ccc2c(c1)O[C@@H](CNC(=O)CCCc1c[nH]c3ccccc13)CO2. The molecule has 3 aromatic rings. The van der Waals surface area contributed by atoms with Gasteiger partial charge >= 0.3 is 0 Å². The second-order valence-corrected chi connectivity index (χ2v) is 6.88. The van der Waals surface area contributed by atoms with Crippen LogP contribution in [0.4, 0.5) is 0 Å². The van der Waals surface area contributed by atoms with Crippen LogP contribution < -0.4 is 19.5 Å². The van der Waals surface area contributed by atoms with Gasteiger partial charge in [-0.2, -0.15) is 0 Å². The number of aryl methyl sites for hydroxylation is 1. The molecule has 4 rings (SSSR count). The minimum Gasteiger partial charge on any atom is -0.497 e. The van der Waals surface area contributed by atoms with E-state index in [9.17, 15) is 4.79 Å². The molecule has 1 aromatic heterocycles. The molecule has 28 heavy (non-hydrogen) atoms. The minimum atomic E-state index is -0.211. The first-order chi connectivity index (χ1) is 13.7. The molecule has 146 valence electrons. The third kappa shape index (κ3) is 4.06. The summed E-state index contributed by atoms with van der Waals surface area (Å²) in [4.78, 5) is 15.5. The maximum atomic E-state index is 12.2. The fourth-order valence-corrected chi connectivity index (χ4v) is 3.42. The summed E-state index contributed by atoms with van der Waals surface area (Å²) in [5.74, 6) is 2.08. The van der Waals surface area contributed by atoms with E-state index in [0.29, 0.717) is 36.8 Å². The van der Waals surface area contributed by atoms with Gasteiger partial charge in [-0.25, -0.2) is 0 Å². The Bertz CT molecular complexity index is 966. The summed E-state index contributed by atoms with van der Waals surface area (Å²) in [6, 6.07) is 13.7. The molecule has 0 radical (unpaired) electrons. The van der Waals surface area contributed by atoms with E-state index in [1.54, 1.807) is 13.2 Å². The van der Waals surface area contributed by atoms with E-state index in [0.717, 1.165) is 18.4 Å². The van der Waals surface area contributed by atoms with Crippen molar-refractivity contribution < 1.29 is 19.0 Å². The smallest absolute Gasteiger partial charge is 0.220 e. The van der Waals surface area contributed by atoms with Gasteiger partial charge in [-0.15, -0.1) is 0 Å². The Kier molecular flexibility index (Phi) is 5.37. The van der Waals surface area contributed by atoms with Gasteiger partial charge < -0.3 is 24.5 Å². The molecule has 2 N–H and O–H groups in total. The first-order valence-corrected chi connectivity index (χ1v) is 9.52. The molecule has 0 spiro atoms. The summed E-state index contributed by atoms with van der Waals surface area (Å²) in [6.45, 7) is 0.831. The number of amides is 1. The van der Waals surface area contributed by atoms with Crippen LogP contribution in [0, 0.1) is 0 Å². The quantitative estimate of drug-likeness (QED) is 0.658. The standard InChI is InChI=1S/C22H24N2O4/c1-26-16-9-10-20-21(11-16)28-17(14-27-20)13-24-22(25)8-4-5-15-12-23-19-7-3-2-6-18(15)19/h2-3,6-7,9-12,17,23H,4-5,8,13-14H2,1H3,(H,24,25)/t17-/m0/s1. The summed E-state index contributed by atoms with van der Waals surface area (Å²) >= 11 is 0. The zero-order valence-corrected chi connectivity index (χ0v) is 15.9. The van der Waals surface area contributed by atoms with Crippen LogP contribution in [0.15, 0.2) is 48.7 Å². The molecule has 1 aliphatic heterocycles. The zero-order valence-electron chi connectivity index (χ0n) is 15.9. The maximum absolute atomic E-state index is 12.2. The predicted molar refractivity (Wildman–Crippen MR) is 107 cm³/mol. The van der Waals surface area contributed by atoms with E-state index in [1.165, 1.54) is 10.9 Å². The van der Waals surface area contributed by atoms with Crippen LogP contribution in [0.5, 0.6) is 17.2 Å². The molecular formula is C22H24N2O4. The predicted octanol–water partition coefficient (Wildman–Crippen LogP) is 3.46. The summed E-state index contributed by atoms with van der Waals surface area (Å²) in [6.07, 6.45) is 3.97. The molecule has 6 nitrogen and oxygen atoms in total. The van der Waals surface area contributed by atoms with Gasteiger partial charge in [0.25, 0.3) is 0 Å². The van der Waals surface area contributed by atoms with Crippen molar-refractivity contribution in [1.82, 2.24) is 10.3 Å². The molecule has 2 heterocycles. The van der Waals surface area contributed by atoms with Crippen LogP contribution in [0.25, 0.3) is 10.9 Å². The molecule has 6 heteroatoms. The molecule has 0 saturated carbocycles. The average molecular weight is 380 g/mol. The van der Waals surface area contributed by atoms with Crippen LogP contribution in [-0.2, 0) is 11.2 Å². The number of carbonyl (C=O) groups is 1. The summed E-state index contributed by atoms with van der Waals surface area (Å²) in [7, 11) is 1.61. The highest BCUT2D eigenvalue weighted by Gasteiger charge is 2.22. The lowest BCUT2D eigenvalue weighted by Gasteiger charge is -2.27. The van der Waals surface area contributed by atoms with Gasteiger partial charge in [0, 0.05) is 29.6 Å². The normalized spacial score (nSPS) is 15.4. The molecule has 0 aliphatic carbocycles. The van der Waals surface area contributed by atoms with E-state index in [1.807, 2.05) is 30.5 Å². The largest absolute Gasteiger partial charge is 0.497 e. The Balaban J connectivity index is 1.22. The van der Waals surface area contributed by atoms with Gasteiger partial charge in [0.1, 0.15) is 18.5 Å². The second kappa shape index (κ2) is 8.25. The van der Waals surface area contributed by atoms with Gasteiger partial charge in [-0.3, -0.25) is 4.79 Å². The van der Waals surface area contributed by atoms with Crippen molar-refractivity contribution in [2.24, 2.45) is 0 Å². The molecule has 0 bridgehead atoms. The molecule has 1 aliphatic rings. The minimum absolute atomic E-state index is 0.0277. The van der Waals surface area contributed by atoms with Crippen molar-refractivity contribution in [1.29, 1.82) is 0 Å². The summed E-state index contributed by atoms with van der Waals surface area (Å²) in [5, 5.41) is 4.17. The lowest BCUT2D eigenvalue weighted by molar-refractivity contribution is -0.121. The second-order valence-electron chi connectivity index (χ2n) is 6.88. The fraction of sp³-hybridized carbons (Fsp3) is 0.318. The number of hydrogen-bond acceptors (Lipinski definition) is 4. The van der Waals surface area contributed by atoms with Crippen molar-refractivity contribution in [2.75, 3.05) is 20.3 Å². The van der Waals surface area contributed by atoms with E-state index >= 15 is 0 Å². The van der Waals surface area contributed by atoms with Crippen molar-refractivity contribution in [3.05, 3.63) is 54.2 Å². The van der Waals surface area contributed by atoms with Crippen molar-refractivity contribution in [2.45, 2.75) is 25.4 Å². The number of hydrogen-bond donors (Lipinski definition) is 2. The number of ether oxygens (including phenoxy) is 3. The Labute approximate surface area is 163 Å². The van der Waals surface area contributed by atoms with Crippen LogP contribution >= 0.6 is 0 Å². The van der Waals surface area contributed by atoms with Crippen LogP contribution in [0.1, 0.15) is 18.4 Å². The zero-order chi connectivity index (χ0) is 19.3. The third-order valence-electron chi connectivity index (χ3n) is 4.92. The third-order valence-corrected chi connectivity index (χ3v) is 4.92. The molecule has 1 atom stereocenters. The number of para-hydroxylation sites is 1. The summed E-state index contributed by atoms with van der Waals surface area (Å²) < 4.78 is 16.8. The monoisotopic (exact) mass is 380 g/mol. The molecule has 0 unspecified atom stereocenters. The number of fused-ring (bicyclic) bond motifs is 2. The van der Waals surface area contributed by atoms with Gasteiger partial charge in [-0.1, -0.05) is 18.2 Å². The fourth-order valence-electron chi connectivity index (χ4n) is 3.42. The number of benzene rings is 2. The van der Waals surface area contributed by atoms with Crippen LogP contribution in [0.2, 0.25) is 0 Å². The highest BCUT2D eigenvalue weighted by Crippen LogP contribution is 2.34. The average Bonchev–Trinajstić information content (AvgIpc) is 3.15. The van der Waals surface area contributed by atoms with Gasteiger partial charge in [0.05, 0.1) is 13.7 Å². The molecule has 0 saturated heterocycles. The molecule has 0 fully saturated rings. The number of H-pyrrole nitrogens is 1. The Morgan fingerprint density at radius 2 is 2.14 bits per heavy atom. The van der Waals surface area contributed by atoms with Gasteiger partial charge in [0.15, 0.2) is 11.5 Å². The van der Waals surface area contributed by atoms with E-state index < -0.39 is 0 Å². The Morgan fingerprint density at radius 1 is 1.25 bits per heavy atom. The topological polar surface area (TPSA) is 72.6 Å². The molecule has 2 aromatic carbocycles. The van der Waals surface area contributed by atoms with E-state index in [2.05, 4.69) is 22.4 Å². The maximum Gasteiger partial charge on any atom is 0.220 e.